The summed E-state index contributed by atoms with van der Waals surface area (Å²) in [5.74, 6) is -0.760. The zero-order valence-corrected chi connectivity index (χ0v) is 11.5. The highest BCUT2D eigenvalue weighted by Gasteiger charge is 2.21. The number of carboxylic acids is 1. The van der Waals surface area contributed by atoms with E-state index in [2.05, 4.69) is 0 Å². The zero-order valence-electron chi connectivity index (χ0n) is 9.96. The van der Waals surface area contributed by atoms with Crippen LogP contribution in [0.25, 0.3) is 0 Å². The number of hydrogen-bond acceptors (Lipinski definition) is 1. The van der Waals surface area contributed by atoms with Gasteiger partial charge in [0, 0.05) is 0 Å². The van der Waals surface area contributed by atoms with Crippen LogP contribution in [0, 0.1) is 5.41 Å². The molecular weight excluding hydrogens is 259 g/mol. The number of benzene rings is 1. The molecule has 1 rings (SSSR count). The minimum atomic E-state index is -0.760. The summed E-state index contributed by atoms with van der Waals surface area (Å²) in [7, 11) is 0. The molecule has 0 bridgehead atoms. The van der Waals surface area contributed by atoms with Crippen LogP contribution in [0.5, 0.6) is 0 Å². The average molecular weight is 275 g/mol. The van der Waals surface area contributed by atoms with E-state index in [0.717, 1.165) is 18.4 Å². The SMILES string of the molecule is CC(C)(CCc1ccc(Cl)c(Cl)c1)CC(=O)O. The van der Waals surface area contributed by atoms with Crippen LogP contribution < -0.4 is 0 Å². The number of carbonyl (C=O) groups is 1. The Hall–Kier alpha value is -0.730. The molecule has 0 atom stereocenters. The van der Waals surface area contributed by atoms with Crippen LogP contribution in [0.4, 0.5) is 0 Å². The number of hydrogen-bond donors (Lipinski definition) is 1. The number of halogens is 2. The predicted octanol–water partition coefficient (Wildman–Crippen LogP) is 4.43. The maximum absolute atomic E-state index is 10.7. The van der Waals surface area contributed by atoms with Gasteiger partial charge in [0.15, 0.2) is 0 Å². The summed E-state index contributed by atoms with van der Waals surface area (Å²) in [6.07, 6.45) is 1.78. The molecule has 0 unspecified atom stereocenters. The Morgan fingerprint density at radius 2 is 1.94 bits per heavy atom. The van der Waals surface area contributed by atoms with Crippen molar-refractivity contribution >= 4 is 29.2 Å². The molecule has 2 nitrogen and oxygen atoms in total. The van der Waals surface area contributed by atoms with Gasteiger partial charge in [-0.2, -0.15) is 0 Å². The van der Waals surface area contributed by atoms with Crippen LogP contribution in [-0.4, -0.2) is 11.1 Å². The first-order valence-electron chi connectivity index (χ1n) is 5.46. The lowest BCUT2D eigenvalue weighted by molar-refractivity contribution is -0.139. The van der Waals surface area contributed by atoms with Gasteiger partial charge in [0.1, 0.15) is 0 Å². The third kappa shape index (κ3) is 4.97. The van der Waals surface area contributed by atoms with Crippen molar-refractivity contribution in [3.8, 4) is 0 Å². The van der Waals surface area contributed by atoms with E-state index >= 15 is 0 Å². The molecule has 4 heteroatoms. The summed E-state index contributed by atoms with van der Waals surface area (Å²) < 4.78 is 0. The van der Waals surface area contributed by atoms with Gasteiger partial charge >= 0.3 is 5.97 Å². The van der Waals surface area contributed by atoms with Gasteiger partial charge in [0.2, 0.25) is 0 Å². The van der Waals surface area contributed by atoms with E-state index in [-0.39, 0.29) is 11.8 Å². The molecule has 0 saturated carbocycles. The van der Waals surface area contributed by atoms with Crippen LogP contribution in [-0.2, 0) is 11.2 Å². The molecule has 1 aromatic carbocycles. The van der Waals surface area contributed by atoms with Crippen LogP contribution in [0.15, 0.2) is 18.2 Å². The summed E-state index contributed by atoms with van der Waals surface area (Å²) in [5.41, 5.74) is 0.871. The van der Waals surface area contributed by atoms with E-state index in [1.807, 2.05) is 26.0 Å². The fourth-order valence-electron chi connectivity index (χ4n) is 1.68. The number of carboxylic acid groups (broad SMARTS) is 1. The minimum absolute atomic E-state index is 0.175. The van der Waals surface area contributed by atoms with E-state index in [4.69, 9.17) is 28.3 Å². The average Bonchev–Trinajstić information content (AvgIpc) is 2.18. The van der Waals surface area contributed by atoms with Gasteiger partial charge in [-0.05, 0) is 36.0 Å². The fourth-order valence-corrected chi connectivity index (χ4v) is 2.00. The quantitative estimate of drug-likeness (QED) is 0.863. The van der Waals surface area contributed by atoms with Gasteiger partial charge in [0.05, 0.1) is 16.5 Å². The smallest absolute Gasteiger partial charge is 0.303 e. The maximum atomic E-state index is 10.7. The number of aryl methyl sites for hydroxylation is 1. The van der Waals surface area contributed by atoms with Crippen molar-refractivity contribution in [3.05, 3.63) is 33.8 Å². The molecule has 0 aliphatic heterocycles. The topological polar surface area (TPSA) is 37.3 Å². The second-order valence-corrected chi connectivity index (χ2v) is 5.80. The molecule has 0 spiro atoms. The van der Waals surface area contributed by atoms with Crippen molar-refractivity contribution in [1.29, 1.82) is 0 Å². The van der Waals surface area contributed by atoms with Crippen LogP contribution in [0.2, 0.25) is 10.0 Å². The second-order valence-electron chi connectivity index (χ2n) is 4.98. The van der Waals surface area contributed by atoms with E-state index in [1.54, 1.807) is 6.07 Å². The Kier molecular flexibility index (Phi) is 4.84. The Morgan fingerprint density at radius 1 is 1.29 bits per heavy atom. The molecular formula is C13H16Cl2O2. The highest BCUT2D eigenvalue weighted by atomic mass is 35.5. The highest BCUT2D eigenvalue weighted by molar-refractivity contribution is 6.42. The molecule has 0 heterocycles. The summed E-state index contributed by atoms with van der Waals surface area (Å²) in [6.45, 7) is 3.91. The summed E-state index contributed by atoms with van der Waals surface area (Å²) in [6, 6.07) is 5.52. The lowest BCUT2D eigenvalue weighted by atomic mass is 9.83. The highest BCUT2D eigenvalue weighted by Crippen LogP contribution is 2.29. The van der Waals surface area contributed by atoms with Gasteiger partial charge in [-0.25, -0.2) is 0 Å². The third-order valence-electron chi connectivity index (χ3n) is 2.70. The summed E-state index contributed by atoms with van der Waals surface area (Å²) >= 11 is 11.8. The third-order valence-corrected chi connectivity index (χ3v) is 3.44. The predicted molar refractivity (Wildman–Crippen MR) is 70.8 cm³/mol. The summed E-state index contributed by atoms with van der Waals surface area (Å²) in [4.78, 5) is 10.7. The molecule has 0 fully saturated rings. The molecule has 0 aromatic heterocycles. The van der Waals surface area contributed by atoms with Crippen LogP contribution in [0.3, 0.4) is 0 Å². The van der Waals surface area contributed by atoms with Gasteiger partial charge in [0.25, 0.3) is 0 Å². The van der Waals surface area contributed by atoms with Crippen molar-refractivity contribution in [2.24, 2.45) is 5.41 Å². The largest absolute Gasteiger partial charge is 0.481 e. The first kappa shape index (κ1) is 14.3. The summed E-state index contributed by atoms with van der Waals surface area (Å²) in [5, 5.41) is 9.87. The molecule has 0 aliphatic rings. The van der Waals surface area contributed by atoms with Crippen molar-refractivity contribution in [3.63, 3.8) is 0 Å². The van der Waals surface area contributed by atoms with Crippen LogP contribution in [0.1, 0.15) is 32.3 Å². The molecule has 0 saturated heterocycles. The molecule has 0 radical (unpaired) electrons. The molecule has 17 heavy (non-hydrogen) atoms. The molecule has 0 amide bonds. The Bertz CT molecular complexity index is 414. The van der Waals surface area contributed by atoms with E-state index in [0.29, 0.717) is 10.0 Å². The monoisotopic (exact) mass is 274 g/mol. The Balaban J connectivity index is 2.60. The Labute approximate surface area is 112 Å². The van der Waals surface area contributed by atoms with Gasteiger partial charge < -0.3 is 5.11 Å². The van der Waals surface area contributed by atoms with E-state index < -0.39 is 5.97 Å². The number of rotatable bonds is 5. The molecule has 1 N–H and O–H groups in total. The second kappa shape index (κ2) is 5.74. The van der Waals surface area contributed by atoms with Gasteiger partial charge in [-0.3, -0.25) is 4.79 Å². The normalized spacial score (nSPS) is 11.5. The first-order chi connectivity index (χ1) is 7.80. The van der Waals surface area contributed by atoms with E-state index in [9.17, 15) is 4.79 Å². The van der Waals surface area contributed by atoms with E-state index in [1.165, 1.54) is 0 Å². The standard InChI is InChI=1S/C13H16Cl2O2/c1-13(2,8-12(16)17)6-5-9-3-4-10(14)11(15)7-9/h3-4,7H,5-6,8H2,1-2H3,(H,16,17). The zero-order chi connectivity index (χ0) is 13.1. The van der Waals surface area contributed by atoms with Crippen molar-refractivity contribution in [2.45, 2.75) is 33.1 Å². The molecule has 0 aliphatic carbocycles. The van der Waals surface area contributed by atoms with Crippen molar-refractivity contribution in [1.82, 2.24) is 0 Å². The van der Waals surface area contributed by atoms with Gasteiger partial charge in [-0.15, -0.1) is 0 Å². The Morgan fingerprint density at radius 3 is 2.47 bits per heavy atom. The first-order valence-corrected chi connectivity index (χ1v) is 6.21. The number of aliphatic carboxylic acids is 1. The lowest BCUT2D eigenvalue weighted by Crippen LogP contribution is -2.17. The fraction of sp³-hybridized carbons (Fsp3) is 0.462. The van der Waals surface area contributed by atoms with Crippen molar-refractivity contribution in [2.75, 3.05) is 0 Å². The van der Waals surface area contributed by atoms with Crippen LogP contribution >= 0.6 is 23.2 Å². The maximum Gasteiger partial charge on any atom is 0.303 e. The molecule has 94 valence electrons. The van der Waals surface area contributed by atoms with Gasteiger partial charge in [-0.1, -0.05) is 43.1 Å². The van der Waals surface area contributed by atoms with Crippen molar-refractivity contribution < 1.29 is 9.90 Å². The minimum Gasteiger partial charge on any atom is -0.481 e. The lowest BCUT2D eigenvalue weighted by Gasteiger charge is -2.22. The molecule has 1 aromatic rings.